The third kappa shape index (κ3) is 6.47. The lowest BCUT2D eigenvalue weighted by Crippen LogP contribution is -2.47. The van der Waals surface area contributed by atoms with Gasteiger partial charge in [-0.05, 0) is 68.2 Å². The summed E-state index contributed by atoms with van der Waals surface area (Å²) in [5.74, 6) is 0.564. The minimum Gasteiger partial charge on any atom is -0.487 e. The van der Waals surface area contributed by atoms with Gasteiger partial charge in [-0.25, -0.2) is 0 Å². The molecule has 2 saturated heterocycles. The van der Waals surface area contributed by atoms with Crippen molar-refractivity contribution in [3.63, 3.8) is 0 Å². The Balaban J connectivity index is 1.18. The van der Waals surface area contributed by atoms with Crippen molar-refractivity contribution in [3.05, 3.63) is 53.9 Å². The smallest absolute Gasteiger partial charge is 0.228 e. The van der Waals surface area contributed by atoms with E-state index in [4.69, 9.17) is 9.47 Å². The van der Waals surface area contributed by atoms with Gasteiger partial charge < -0.3 is 30.1 Å². The minimum absolute atomic E-state index is 0.0240. The molecule has 9 nitrogen and oxygen atoms in total. The van der Waals surface area contributed by atoms with Gasteiger partial charge in [0, 0.05) is 42.7 Å². The van der Waals surface area contributed by atoms with Gasteiger partial charge in [-0.2, -0.15) is 0 Å². The molecule has 3 N–H and O–H groups in total. The van der Waals surface area contributed by atoms with Gasteiger partial charge in [-0.3, -0.25) is 14.6 Å². The first kappa shape index (κ1) is 25.6. The molecule has 4 atom stereocenters. The highest BCUT2D eigenvalue weighted by atomic mass is 16.6. The SMILES string of the molecule is O=C(C[C@@H]1C[C@H]2c3cc(NC(=O)Cc4ccncc4)ccc3O[C@H]2[C@@H](CO)O1)NCCN1CCCCC1. The van der Waals surface area contributed by atoms with Crippen LogP contribution >= 0.6 is 0 Å². The van der Waals surface area contributed by atoms with Crippen LogP contribution in [0.15, 0.2) is 42.7 Å². The zero-order chi connectivity index (χ0) is 25.6. The van der Waals surface area contributed by atoms with Crippen LogP contribution in [0.2, 0.25) is 0 Å². The molecule has 0 bridgehead atoms. The average Bonchev–Trinajstić information content (AvgIpc) is 3.27. The normalized spacial score (nSPS) is 25.0. The van der Waals surface area contributed by atoms with E-state index >= 15 is 0 Å². The highest BCUT2D eigenvalue weighted by molar-refractivity contribution is 5.92. The number of anilines is 1. The van der Waals surface area contributed by atoms with Crippen LogP contribution in [0.1, 0.15) is 49.1 Å². The van der Waals surface area contributed by atoms with Crippen LogP contribution in [0.25, 0.3) is 0 Å². The number of ether oxygens (including phenoxy) is 2. The van der Waals surface area contributed by atoms with E-state index in [1.165, 1.54) is 19.3 Å². The summed E-state index contributed by atoms with van der Waals surface area (Å²) < 4.78 is 12.2. The van der Waals surface area contributed by atoms with Crippen molar-refractivity contribution in [1.82, 2.24) is 15.2 Å². The molecule has 3 aliphatic heterocycles. The van der Waals surface area contributed by atoms with E-state index in [0.29, 0.717) is 18.7 Å². The number of aliphatic hydroxyl groups excluding tert-OH is 1. The number of hydrogen-bond acceptors (Lipinski definition) is 7. The fourth-order valence-electron chi connectivity index (χ4n) is 5.67. The fourth-order valence-corrected chi connectivity index (χ4v) is 5.67. The van der Waals surface area contributed by atoms with E-state index in [1.807, 2.05) is 30.3 Å². The maximum atomic E-state index is 12.7. The molecule has 0 unspecified atom stereocenters. The quantitative estimate of drug-likeness (QED) is 0.476. The highest BCUT2D eigenvalue weighted by Crippen LogP contribution is 2.47. The van der Waals surface area contributed by atoms with Crippen LogP contribution in [0.5, 0.6) is 5.75 Å². The zero-order valence-corrected chi connectivity index (χ0v) is 21.1. The first-order valence-corrected chi connectivity index (χ1v) is 13.3. The summed E-state index contributed by atoms with van der Waals surface area (Å²) in [5, 5.41) is 16.0. The predicted molar refractivity (Wildman–Crippen MR) is 138 cm³/mol. The molecule has 2 fully saturated rings. The van der Waals surface area contributed by atoms with Crippen LogP contribution in [-0.2, 0) is 20.7 Å². The Bertz CT molecular complexity index is 1080. The topological polar surface area (TPSA) is 113 Å². The lowest BCUT2D eigenvalue weighted by atomic mass is 9.84. The summed E-state index contributed by atoms with van der Waals surface area (Å²) >= 11 is 0. The van der Waals surface area contributed by atoms with Gasteiger partial charge in [-0.1, -0.05) is 6.42 Å². The summed E-state index contributed by atoms with van der Waals surface area (Å²) in [7, 11) is 0. The summed E-state index contributed by atoms with van der Waals surface area (Å²) in [5.41, 5.74) is 2.56. The summed E-state index contributed by atoms with van der Waals surface area (Å²) in [6.45, 7) is 3.54. The van der Waals surface area contributed by atoms with Crippen molar-refractivity contribution in [2.24, 2.45) is 0 Å². The Morgan fingerprint density at radius 3 is 2.68 bits per heavy atom. The Morgan fingerprint density at radius 1 is 1.08 bits per heavy atom. The molecular weight excluding hydrogens is 472 g/mol. The molecule has 9 heteroatoms. The van der Waals surface area contributed by atoms with E-state index in [-0.39, 0.29) is 49.4 Å². The van der Waals surface area contributed by atoms with Crippen LogP contribution in [0.3, 0.4) is 0 Å². The number of aromatic nitrogens is 1. The maximum absolute atomic E-state index is 12.7. The molecule has 0 saturated carbocycles. The standard InChI is InChI=1S/C28H36N4O5/c33-18-25-28-23(16-21(36-25)17-26(34)30-10-13-32-11-2-1-3-12-32)22-15-20(4-5-24(22)37-28)31-27(35)14-19-6-8-29-9-7-19/h4-9,15,21,23,25,28,33H,1-3,10-14,16-18H2,(H,30,34)(H,31,35)/t21-,23-,25+,28+/m0/s1. The molecule has 5 rings (SSSR count). The van der Waals surface area contributed by atoms with Crippen LogP contribution in [-0.4, -0.2) is 77.9 Å². The minimum atomic E-state index is -0.512. The van der Waals surface area contributed by atoms with Crippen molar-refractivity contribution in [2.45, 2.75) is 62.8 Å². The van der Waals surface area contributed by atoms with Crippen LogP contribution in [0.4, 0.5) is 5.69 Å². The van der Waals surface area contributed by atoms with Gasteiger partial charge in [0.05, 0.1) is 25.6 Å². The number of pyridine rings is 1. The van der Waals surface area contributed by atoms with E-state index in [0.717, 1.165) is 36.5 Å². The summed E-state index contributed by atoms with van der Waals surface area (Å²) in [4.78, 5) is 31.6. The first-order chi connectivity index (χ1) is 18.1. The molecule has 2 aromatic rings. The highest BCUT2D eigenvalue weighted by Gasteiger charge is 2.46. The number of aliphatic hydroxyl groups is 1. The van der Waals surface area contributed by atoms with Gasteiger partial charge in [0.2, 0.25) is 11.8 Å². The predicted octanol–water partition coefficient (Wildman–Crippen LogP) is 2.25. The summed E-state index contributed by atoms with van der Waals surface area (Å²) in [6, 6.07) is 9.26. The number of hydrogen-bond donors (Lipinski definition) is 3. The van der Waals surface area contributed by atoms with Crippen LogP contribution in [0, 0.1) is 0 Å². The number of likely N-dealkylation sites (tertiary alicyclic amines) is 1. The van der Waals surface area contributed by atoms with Gasteiger partial charge in [-0.15, -0.1) is 0 Å². The second-order valence-electron chi connectivity index (χ2n) is 10.2. The number of carbonyl (C=O) groups is 2. The molecule has 4 heterocycles. The van der Waals surface area contributed by atoms with Gasteiger partial charge in [0.1, 0.15) is 18.0 Å². The second kappa shape index (κ2) is 12.0. The van der Waals surface area contributed by atoms with Gasteiger partial charge in [0.25, 0.3) is 0 Å². The Kier molecular flexibility index (Phi) is 8.33. The lowest BCUT2D eigenvalue weighted by Gasteiger charge is -2.37. The van der Waals surface area contributed by atoms with E-state index < -0.39 is 6.10 Å². The van der Waals surface area contributed by atoms with Crippen molar-refractivity contribution < 1.29 is 24.2 Å². The monoisotopic (exact) mass is 508 g/mol. The summed E-state index contributed by atoms with van der Waals surface area (Å²) in [6.07, 6.45) is 7.08. The fraction of sp³-hybridized carbons (Fsp3) is 0.536. The molecule has 2 amide bonds. The molecule has 198 valence electrons. The molecular formula is C28H36N4O5. The third-order valence-corrected chi connectivity index (χ3v) is 7.51. The lowest BCUT2D eigenvalue weighted by molar-refractivity contribution is -0.142. The van der Waals surface area contributed by atoms with E-state index in [9.17, 15) is 14.7 Å². The Morgan fingerprint density at radius 2 is 1.89 bits per heavy atom. The number of nitrogens with zero attached hydrogens (tertiary/aromatic N) is 2. The van der Waals surface area contributed by atoms with Crippen molar-refractivity contribution in [1.29, 1.82) is 0 Å². The molecule has 1 aromatic carbocycles. The van der Waals surface area contributed by atoms with Crippen molar-refractivity contribution in [3.8, 4) is 5.75 Å². The second-order valence-corrected chi connectivity index (χ2v) is 10.2. The third-order valence-electron chi connectivity index (χ3n) is 7.51. The number of rotatable bonds is 9. The maximum Gasteiger partial charge on any atom is 0.228 e. The molecule has 0 aliphatic carbocycles. The Hall–Kier alpha value is -3.01. The van der Waals surface area contributed by atoms with E-state index in [1.54, 1.807) is 12.4 Å². The molecule has 37 heavy (non-hydrogen) atoms. The molecule has 0 radical (unpaired) electrons. The van der Waals surface area contributed by atoms with Crippen molar-refractivity contribution in [2.75, 3.05) is 38.1 Å². The molecule has 0 spiro atoms. The molecule has 1 aromatic heterocycles. The number of nitrogens with one attached hydrogen (secondary N) is 2. The number of amides is 2. The first-order valence-electron chi connectivity index (χ1n) is 13.3. The number of benzene rings is 1. The number of piperidine rings is 1. The van der Waals surface area contributed by atoms with Gasteiger partial charge >= 0.3 is 0 Å². The van der Waals surface area contributed by atoms with Crippen LogP contribution < -0.4 is 15.4 Å². The molecule has 3 aliphatic rings. The van der Waals surface area contributed by atoms with Crippen molar-refractivity contribution >= 4 is 17.5 Å². The zero-order valence-electron chi connectivity index (χ0n) is 21.1. The largest absolute Gasteiger partial charge is 0.487 e. The Labute approximate surface area is 217 Å². The van der Waals surface area contributed by atoms with Gasteiger partial charge in [0.15, 0.2) is 0 Å². The number of carbonyl (C=O) groups excluding carboxylic acids is 2. The van der Waals surface area contributed by atoms with E-state index in [2.05, 4.69) is 20.5 Å². The number of fused-ring (bicyclic) bond motifs is 3. The average molecular weight is 509 g/mol.